The van der Waals surface area contributed by atoms with Gasteiger partial charge < -0.3 is 90.5 Å². The van der Waals surface area contributed by atoms with Gasteiger partial charge in [-0.05, 0) is 24.6 Å². The van der Waals surface area contributed by atoms with Gasteiger partial charge in [0.25, 0.3) is 41.4 Å². The van der Waals surface area contributed by atoms with Gasteiger partial charge in [0, 0.05) is 158 Å². The number of amides is 11. The zero-order valence-corrected chi connectivity index (χ0v) is 47.6. The van der Waals surface area contributed by atoms with Gasteiger partial charge in [-0.15, -0.1) is 0 Å². The van der Waals surface area contributed by atoms with Crippen molar-refractivity contribution in [3.05, 3.63) is 108 Å². The maximum Gasteiger partial charge on any atom is 0.291 e. The van der Waals surface area contributed by atoms with Gasteiger partial charge in [0.1, 0.15) is 17.1 Å². The van der Waals surface area contributed by atoms with Crippen LogP contribution < -0.4 is 58.5 Å². The molecule has 11 N–H and O–H groups in total. The third-order valence-electron chi connectivity index (χ3n) is 12.6. The molecule has 0 atom stereocenters. The Hall–Kier alpha value is -11.2. The SMILES string of the molecule is CNC(=O)CCNC(=O)c1nc(NC(=O)c2cc(NC(=O)CCNC(=O)c3nc(NC(=O)CCCNC(=O)c4cc(NC(=O)c5nc(NC(=O)CCNC(=O)c6cc(NC(=O)c7nccn7C)cn6C)cn5C)cn4C)cn3C)cn2C)cn1C. The molecule has 7 heterocycles. The maximum atomic E-state index is 13.3. The summed E-state index contributed by atoms with van der Waals surface area (Å²) in [7, 11) is 12.7. The molecule has 33 nitrogen and oxygen atoms in total. The summed E-state index contributed by atoms with van der Waals surface area (Å²) in [6.07, 6.45) is 12.1. The van der Waals surface area contributed by atoms with Crippen molar-refractivity contribution >= 4 is 99.5 Å². The Kier molecular flexibility index (Phi) is 19.9. The number of aryl methyl sites for hydroxylation is 7. The van der Waals surface area contributed by atoms with Gasteiger partial charge in [-0.25, -0.2) is 19.9 Å². The van der Waals surface area contributed by atoms with Crippen LogP contribution in [0, 0.1) is 0 Å². The Morgan fingerprint density at radius 3 is 1.20 bits per heavy atom. The molecule has 448 valence electrons. The number of imidazole rings is 4. The standard InChI is InChI=1S/C52H64N22O11/c1-53-38(75)11-15-57-50(83)44-66-37(28-73(44)7)67-48(81)34-20-29(23-71(34)5)59-40(77)12-17-58-49(82)43-64-35(26-72(43)6)62-39(76)10-9-14-55-46(79)32-22-31(25-69(32)3)61-52(85)45-65-36(27-74(45)8)63-41(78)13-16-56-47(80)33-21-30(24-70(33)4)60-51(84)42-54-18-19-68(42)2/h18-28H,9-17H2,1-8H3,(H,53,75)(H,55,79)(H,56,80)(H,57,83)(H,58,82)(H,59,77)(H,60,84)(H,61,85)(H,62,76)(H,63,78)(H,67,81). The molecule has 0 aliphatic heterocycles. The van der Waals surface area contributed by atoms with Crippen LogP contribution in [0.25, 0.3) is 0 Å². The average Bonchev–Trinajstić information content (AvgIpc) is 4.13. The lowest BCUT2D eigenvalue weighted by Crippen LogP contribution is -2.30. The number of hydrogen-bond acceptors (Lipinski definition) is 15. The van der Waals surface area contributed by atoms with E-state index in [2.05, 4.69) is 78.4 Å². The highest BCUT2D eigenvalue weighted by molar-refractivity contribution is 6.06. The van der Waals surface area contributed by atoms with Crippen LogP contribution in [-0.2, 0) is 68.5 Å². The normalized spacial score (nSPS) is 10.8. The lowest BCUT2D eigenvalue weighted by molar-refractivity contribution is -0.120. The van der Waals surface area contributed by atoms with Crippen LogP contribution in [0.2, 0.25) is 0 Å². The van der Waals surface area contributed by atoms with E-state index < -0.39 is 59.1 Å². The maximum absolute atomic E-state index is 13.3. The number of aromatic nitrogens is 11. The van der Waals surface area contributed by atoms with E-state index in [1.807, 2.05) is 0 Å². The van der Waals surface area contributed by atoms with Gasteiger partial charge in [-0.1, -0.05) is 0 Å². The molecule has 0 aliphatic carbocycles. The molecule has 0 aromatic carbocycles. The first-order valence-electron chi connectivity index (χ1n) is 26.2. The number of rotatable bonds is 26. The fraction of sp³-hybridized carbons (Fsp3) is 0.327. The van der Waals surface area contributed by atoms with E-state index in [9.17, 15) is 52.7 Å². The summed E-state index contributed by atoms with van der Waals surface area (Å²) < 4.78 is 10.3. The second kappa shape index (κ2) is 27.5. The predicted molar refractivity (Wildman–Crippen MR) is 305 cm³/mol. The van der Waals surface area contributed by atoms with E-state index in [0.29, 0.717) is 11.4 Å². The first-order chi connectivity index (χ1) is 40.5. The summed E-state index contributed by atoms with van der Waals surface area (Å²) in [5.74, 6) is -4.99. The zero-order chi connectivity index (χ0) is 61.6. The molecule has 0 aliphatic rings. The Labute approximate surface area is 484 Å². The van der Waals surface area contributed by atoms with Crippen molar-refractivity contribution in [2.45, 2.75) is 32.1 Å². The van der Waals surface area contributed by atoms with E-state index >= 15 is 0 Å². The highest BCUT2D eigenvalue weighted by Gasteiger charge is 2.23. The molecule has 0 fully saturated rings. The van der Waals surface area contributed by atoms with Crippen LogP contribution in [0.1, 0.15) is 106 Å². The van der Waals surface area contributed by atoms with Crippen molar-refractivity contribution in [2.24, 2.45) is 49.3 Å². The van der Waals surface area contributed by atoms with E-state index in [1.165, 1.54) is 89.8 Å². The summed E-state index contributed by atoms with van der Waals surface area (Å²) in [6.45, 7) is 0.0974. The molecule has 0 spiro atoms. The van der Waals surface area contributed by atoms with E-state index in [4.69, 9.17) is 0 Å². The zero-order valence-electron chi connectivity index (χ0n) is 47.6. The van der Waals surface area contributed by atoms with Crippen LogP contribution >= 0.6 is 0 Å². The largest absolute Gasteiger partial charge is 0.359 e. The summed E-state index contributed by atoms with van der Waals surface area (Å²) >= 11 is 0. The molecule has 85 heavy (non-hydrogen) atoms. The van der Waals surface area contributed by atoms with Gasteiger partial charge in [-0.3, -0.25) is 52.7 Å². The molecule has 11 amide bonds. The lowest BCUT2D eigenvalue weighted by atomic mass is 10.3. The fourth-order valence-electron chi connectivity index (χ4n) is 8.35. The van der Waals surface area contributed by atoms with Crippen molar-refractivity contribution < 1.29 is 52.7 Å². The average molecular weight is 1170 g/mol. The van der Waals surface area contributed by atoms with E-state index in [1.54, 1.807) is 66.3 Å². The fourth-order valence-corrected chi connectivity index (χ4v) is 8.35. The van der Waals surface area contributed by atoms with Gasteiger partial charge >= 0.3 is 0 Å². The summed E-state index contributed by atoms with van der Waals surface area (Å²) in [4.78, 5) is 157. The minimum absolute atomic E-state index is 0.0128. The number of carbonyl (C=O) groups excluding carboxylic acids is 11. The highest BCUT2D eigenvalue weighted by Crippen LogP contribution is 2.19. The number of nitrogens with zero attached hydrogens (tertiary/aromatic N) is 11. The van der Waals surface area contributed by atoms with Gasteiger partial charge in [0.2, 0.25) is 41.1 Å². The summed E-state index contributed by atoms with van der Waals surface area (Å²) in [6, 6.07) is 4.39. The second-order valence-corrected chi connectivity index (χ2v) is 19.3. The predicted octanol–water partition coefficient (Wildman–Crippen LogP) is -0.0752. The Bertz CT molecular complexity index is 3720. The van der Waals surface area contributed by atoms with Crippen LogP contribution in [0.4, 0.5) is 34.5 Å². The van der Waals surface area contributed by atoms with Crippen molar-refractivity contribution in [1.82, 2.24) is 78.5 Å². The van der Waals surface area contributed by atoms with Crippen LogP contribution in [0.3, 0.4) is 0 Å². The Morgan fingerprint density at radius 2 is 0.741 bits per heavy atom. The number of hydrogen-bond donors (Lipinski definition) is 11. The van der Waals surface area contributed by atoms with Crippen molar-refractivity contribution in [3.63, 3.8) is 0 Å². The molecule has 0 radical (unpaired) electrons. The number of nitrogens with one attached hydrogen (secondary N) is 11. The molecule has 0 saturated carbocycles. The number of anilines is 6. The van der Waals surface area contributed by atoms with Crippen LogP contribution in [0.15, 0.2) is 67.8 Å². The van der Waals surface area contributed by atoms with Crippen molar-refractivity contribution in [3.8, 4) is 0 Å². The van der Waals surface area contributed by atoms with Gasteiger partial charge in [0.15, 0.2) is 23.3 Å². The highest BCUT2D eigenvalue weighted by atomic mass is 16.2. The van der Waals surface area contributed by atoms with Gasteiger partial charge in [-0.2, -0.15) is 0 Å². The first kappa shape index (κ1) is 61.5. The third-order valence-corrected chi connectivity index (χ3v) is 12.6. The van der Waals surface area contributed by atoms with Gasteiger partial charge in [0.05, 0.1) is 17.1 Å². The summed E-state index contributed by atoms with van der Waals surface area (Å²) in [5, 5.41) is 29.0. The molecule has 0 saturated heterocycles. The molecule has 0 unspecified atom stereocenters. The van der Waals surface area contributed by atoms with Crippen molar-refractivity contribution in [2.75, 3.05) is 65.1 Å². The Balaban J connectivity index is 0.773. The molecular formula is C52H64N22O11. The molecule has 0 bridgehead atoms. The van der Waals surface area contributed by atoms with E-state index in [0.717, 1.165) is 0 Å². The Morgan fingerprint density at radius 1 is 0.365 bits per heavy atom. The molecule has 7 aromatic heterocycles. The van der Waals surface area contributed by atoms with E-state index in [-0.39, 0.29) is 128 Å². The van der Waals surface area contributed by atoms with Crippen LogP contribution in [0.5, 0.6) is 0 Å². The smallest absolute Gasteiger partial charge is 0.291 e. The topological polar surface area (TPSA) is 406 Å². The number of carbonyl (C=O) groups is 11. The molecule has 7 rings (SSSR count). The second-order valence-electron chi connectivity index (χ2n) is 19.3. The molecule has 7 aromatic rings. The minimum atomic E-state index is -0.633. The lowest BCUT2D eigenvalue weighted by Gasteiger charge is -2.06. The molecule has 33 heteroatoms. The molecular weight excluding hydrogens is 1110 g/mol. The monoisotopic (exact) mass is 1170 g/mol. The van der Waals surface area contributed by atoms with Crippen molar-refractivity contribution in [1.29, 1.82) is 0 Å². The quantitative estimate of drug-likeness (QED) is 0.0316. The first-order valence-corrected chi connectivity index (χ1v) is 26.2. The summed E-state index contributed by atoms with van der Waals surface area (Å²) in [5.41, 5.74) is 1.57. The van der Waals surface area contributed by atoms with Crippen LogP contribution in [-0.4, -0.2) is 150 Å². The minimum Gasteiger partial charge on any atom is -0.359 e. The third kappa shape index (κ3) is 16.3.